The van der Waals surface area contributed by atoms with Gasteiger partial charge in [0.2, 0.25) is 0 Å². The summed E-state index contributed by atoms with van der Waals surface area (Å²) in [6, 6.07) is 2.52. The third-order valence-corrected chi connectivity index (χ3v) is 6.91. The van der Waals surface area contributed by atoms with Gasteiger partial charge in [-0.1, -0.05) is 47.7 Å². The van der Waals surface area contributed by atoms with Crippen LogP contribution in [0.4, 0.5) is 0 Å². The Morgan fingerprint density at radius 3 is 2.53 bits per heavy atom. The Morgan fingerprint density at radius 1 is 1.53 bits per heavy atom. The number of epoxide rings is 1. The summed E-state index contributed by atoms with van der Waals surface area (Å²) in [5.74, 6) is 0. The Balaban J connectivity index is 2.54. The molecular formula is C11H14BrNOSi. The largest absolute Gasteiger partial charge is 0.363 e. The molecule has 1 spiro atoms. The maximum absolute atomic E-state index is 9.55. The molecule has 15 heavy (non-hydrogen) atoms. The van der Waals surface area contributed by atoms with Gasteiger partial charge >= 0.3 is 0 Å². The molecule has 0 bridgehead atoms. The lowest BCUT2D eigenvalue weighted by molar-refractivity contribution is 0.324. The van der Waals surface area contributed by atoms with Gasteiger partial charge in [-0.2, -0.15) is 5.26 Å². The van der Waals surface area contributed by atoms with Crippen LogP contribution >= 0.6 is 15.9 Å². The summed E-state index contributed by atoms with van der Waals surface area (Å²) in [5.41, 5.74) is -0.347. The van der Waals surface area contributed by atoms with Gasteiger partial charge in [0.05, 0.1) is 20.7 Å². The number of hydrogen-bond donors (Lipinski definition) is 0. The van der Waals surface area contributed by atoms with Crippen LogP contribution in [-0.2, 0) is 4.74 Å². The van der Waals surface area contributed by atoms with Crippen molar-refractivity contribution in [1.82, 2.24) is 0 Å². The van der Waals surface area contributed by atoms with E-state index >= 15 is 0 Å². The Morgan fingerprint density at radius 2 is 2.13 bits per heavy atom. The van der Waals surface area contributed by atoms with E-state index in [9.17, 15) is 5.26 Å². The first-order valence-electron chi connectivity index (χ1n) is 5.00. The minimum absolute atomic E-state index is 0.347. The fourth-order valence-electron chi connectivity index (χ4n) is 2.30. The van der Waals surface area contributed by atoms with Gasteiger partial charge in [0.15, 0.2) is 0 Å². The van der Waals surface area contributed by atoms with E-state index < -0.39 is 13.1 Å². The summed E-state index contributed by atoms with van der Waals surface area (Å²) >= 11 is 3.45. The molecule has 2 nitrogen and oxygen atoms in total. The second-order valence-electron chi connectivity index (χ2n) is 5.21. The van der Waals surface area contributed by atoms with Crippen molar-refractivity contribution in [2.24, 2.45) is 0 Å². The van der Waals surface area contributed by atoms with Crippen LogP contribution in [-0.4, -0.2) is 20.3 Å². The molecule has 0 amide bonds. The smallest absolute Gasteiger partial charge is 0.130 e. The zero-order valence-corrected chi connectivity index (χ0v) is 11.8. The van der Waals surface area contributed by atoms with Gasteiger partial charge in [-0.3, -0.25) is 0 Å². The number of ether oxygens (including phenoxy) is 1. The summed E-state index contributed by atoms with van der Waals surface area (Å²) in [7, 11) is -1.65. The highest BCUT2D eigenvalue weighted by molar-refractivity contribution is 9.11. The summed E-state index contributed by atoms with van der Waals surface area (Å²) in [5, 5.41) is 9.13. The zero-order chi connectivity index (χ0) is 11.3. The van der Waals surface area contributed by atoms with Crippen LogP contribution in [0.1, 0.15) is 0 Å². The van der Waals surface area contributed by atoms with Crippen molar-refractivity contribution in [3.63, 3.8) is 0 Å². The molecule has 1 heterocycles. The summed E-state index contributed by atoms with van der Waals surface area (Å²) in [4.78, 5) is 0. The Kier molecular flexibility index (Phi) is 2.27. The Hall–Kier alpha value is -0.373. The highest BCUT2D eigenvalue weighted by Gasteiger charge is 2.66. The summed E-state index contributed by atoms with van der Waals surface area (Å²) < 4.78 is 6.61. The number of nitrogens with zero attached hydrogens (tertiary/aromatic N) is 1. The van der Waals surface area contributed by atoms with Gasteiger partial charge in [0, 0.05) is 4.48 Å². The molecule has 0 aromatic rings. The van der Waals surface area contributed by atoms with Crippen molar-refractivity contribution in [3.8, 4) is 6.07 Å². The quantitative estimate of drug-likeness (QED) is 0.547. The van der Waals surface area contributed by atoms with Crippen molar-refractivity contribution in [3.05, 3.63) is 22.7 Å². The summed E-state index contributed by atoms with van der Waals surface area (Å²) in [6.45, 7) is 7.33. The fraction of sp³-hybridized carbons (Fsp3) is 0.545. The number of allylic oxidation sites excluding steroid dienone is 2. The highest BCUT2D eigenvalue weighted by Crippen LogP contribution is 2.60. The van der Waals surface area contributed by atoms with Gasteiger partial charge in [-0.25, -0.2) is 0 Å². The predicted molar refractivity (Wildman–Crippen MR) is 66.5 cm³/mol. The van der Waals surface area contributed by atoms with Crippen LogP contribution in [0.15, 0.2) is 22.7 Å². The highest BCUT2D eigenvalue weighted by atomic mass is 79.9. The van der Waals surface area contributed by atoms with Crippen LogP contribution in [0.2, 0.25) is 24.7 Å². The molecule has 0 saturated carbocycles. The molecule has 2 rings (SSSR count). The SMILES string of the molecule is C[Si](C)(C)[C@]1(C#N)C=CC(Br)=C[C@]12CO2. The third kappa shape index (κ3) is 1.37. The van der Waals surface area contributed by atoms with Crippen LogP contribution in [0.25, 0.3) is 0 Å². The average Bonchev–Trinajstić information content (AvgIpc) is 2.84. The normalized spacial score (nSPS) is 38.7. The predicted octanol–water partition coefficient (Wildman–Crippen LogP) is 3.21. The van der Waals surface area contributed by atoms with Crippen LogP contribution < -0.4 is 0 Å². The second-order valence-corrected chi connectivity index (χ2v) is 11.4. The molecule has 0 unspecified atom stereocenters. The summed E-state index contributed by atoms with van der Waals surface area (Å²) in [6.07, 6.45) is 6.07. The monoisotopic (exact) mass is 283 g/mol. The molecule has 1 saturated heterocycles. The molecule has 2 atom stereocenters. The van der Waals surface area contributed by atoms with E-state index in [-0.39, 0.29) is 5.60 Å². The maximum atomic E-state index is 9.55. The molecular weight excluding hydrogens is 270 g/mol. The maximum Gasteiger partial charge on any atom is 0.130 e. The van der Waals surface area contributed by atoms with E-state index in [2.05, 4.69) is 47.7 Å². The minimum Gasteiger partial charge on any atom is -0.363 e. The first kappa shape index (κ1) is 11.1. The standard InChI is InChI=1S/C11H14BrNOSi/c1-15(2,3)11(7-13)5-4-9(12)6-10(11)8-14-10/h4-6H,8H2,1-3H3/t10-,11-/m0/s1. The molecule has 2 aliphatic rings. The Labute approximate surface area is 99.8 Å². The molecule has 0 aromatic heterocycles. The number of nitriles is 1. The lowest BCUT2D eigenvalue weighted by atomic mass is 9.88. The van der Waals surface area contributed by atoms with E-state index in [1.54, 1.807) is 0 Å². The van der Waals surface area contributed by atoms with E-state index in [0.717, 1.165) is 4.48 Å². The molecule has 1 aliphatic carbocycles. The van der Waals surface area contributed by atoms with E-state index in [4.69, 9.17) is 4.74 Å². The molecule has 0 aromatic carbocycles. The first-order valence-corrected chi connectivity index (χ1v) is 9.29. The average molecular weight is 284 g/mol. The van der Waals surface area contributed by atoms with Gasteiger partial charge in [0.1, 0.15) is 10.6 Å². The third-order valence-electron chi connectivity index (χ3n) is 3.35. The minimum atomic E-state index is -1.65. The molecule has 0 radical (unpaired) electrons. The zero-order valence-electron chi connectivity index (χ0n) is 9.17. The lowest BCUT2D eigenvalue weighted by Crippen LogP contribution is -2.47. The molecule has 1 fully saturated rings. The first-order chi connectivity index (χ1) is 6.87. The van der Waals surface area contributed by atoms with E-state index in [0.29, 0.717) is 6.61 Å². The van der Waals surface area contributed by atoms with Crippen molar-refractivity contribution >= 4 is 24.0 Å². The lowest BCUT2D eigenvalue weighted by Gasteiger charge is -2.40. The van der Waals surface area contributed by atoms with Gasteiger partial charge in [0.25, 0.3) is 0 Å². The van der Waals surface area contributed by atoms with Crippen LogP contribution in [0.5, 0.6) is 0 Å². The van der Waals surface area contributed by atoms with Crippen molar-refractivity contribution in [2.75, 3.05) is 6.61 Å². The second kappa shape index (κ2) is 3.06. The molecule has 0 N–H and O–H groups in total. The van der Waals surface area contributed by atoms with Crippen LogP contribution in [0, 0.1) is 11.3 Å². The number of hydrogen-bond acceptors (Lipinski definition) is 2. The van der Waals surface area contributed by atoms with Gasteiger partial charge < -0.3 is 4.74 Å². The van der Waals surface area contributed by atoms with Crippen LogP contribution in [0.3, 0.4) is 0 Å². The molecule has 1 aliphatic heterocycles. The number of halogens is 1. The van der Waals surface area contributed by atoms with Crippen molar-refractivity contribution in [1.29, 1.82) is 5.26 Å². The number of rotatable bonds is 1. The van der Waals surface area contributed by atoms with E-state index in [1.807, 2.05) is 12.2 Å². The van der Waals surface area contributed by atoms with Crippen molar-refractivity contribution < 1.29 is 4.74 Å². The van der Waals surface area contributed by atoms with Crippen molar-refractivity contribution in [2.45, 2.75) is 30.3 Å². The molecule has 4 heteroatoms. The van der Waals surface area contributed by atoms with E-state index in [1.165, 1.54) is 0 Å². The fourth-order valence-corrected chi connectivity index (χ4v) is 5.21. The van der Waals surface area contributed by atoms with Gasteiger partial charge in [-0.15, -0.1) is 0 Å². The topological polar surface area (TPSA) is 36.3 Å². The molecule has 80 valence electrons. The Bertz CT molecular complexity index is 398. The van der Waals surface area contributed by atoms with Gasteiger partial charge in [-0.05, 0) is 6.08 Å².